The molecule has 0 saturated heterocycles. The van der Waals surface area contributed by atoms with Crippen LogP contribution in [0.3, 0.4) is 0 Å². The first-order valence-electron chi connectivity index (χ1n) is 6.01. The lowest BCUT2D eigenvalue weighted by atomic mass is 10.3. The molecule has 0 unspecified atom stereocenters. The third-order valence-corrected chi connectivity index (χ3v) is 3.60. The van der Waals surface area contributed by atoms with Crippen molar-refractivity contribution in [1.29, 1.82) is 0 Å². The van der Waals surface area contributed by atoms with E-state index in [-0.39, 0.29) is 0 Å². The van der Waals surface area contributed by atoms with Gasteiger partial charge in [-0.25, -0.2) is 0 Å². The summed E-state index contributed by atoms with van der Waals surface area (Å²) in [5, 5.41) is 9.29. The molecule has 20 heavy (non-hydrogen) atoms. The number of anilines is 1. The van der Waals surface area contributed by atoms with Crippen molar-refractivity contribution in [2.24, 2.45) is 0 Å². The number of rotatable bonds is 7. The number of thioether (sulfide) groups is 1. The molecule has 0 amide bonds. The molecule has 0 spiro atoms. The number of ether oxygens (including phenoxy) is 1. The third-order valence-electron chi connectivity index (χ3n) is 2.44. The Bertz CT molecular complexity index is 588. The molecule has 0 aliphatic carbocycles. The zero-order valence-electron chi connectivity index (χ0n) is 10.8. The number of benzene rings is 1. The Hall–Kier alpha value is -1.66. The second kappa shape index (κ2) is 7.21. The summed E-state index contributed by atoms with van der Waals surface area (Å²) in [7, 11) is 0. The number of hydrogen-bond donors (Lipinski definition) is 1. The smallest absolute Gasteiger partial charge is 0.222 e. The van der Waals surface area contributed by atoms with Gasteiger partial charge in [0.2, 0.25) is 5.95 Å². The van der Waals surface area contributed by atoms with Crippen LogP contribution in [0.15, 0.2) is 42.1 Å². The highest BCUT2D eigenvalue weighted by Gasteiger charge is 2.08. The molecule has 0 bridgehead atoms. The van der Waals surface area contributed by atoms with Gasteiger partial charge in [-0.3, -0.25) is 4.57 Å². The number of nitrogen functional groups attached to an aromatic ring is 1. The Morgan fingerprint density at radius 1 is 1.45 bits per heavy atom. The molecule has 1 aromatic carbocycles. The summed E-state index contributed by atoms with van der Waals surface area (Å²) in [5.74, 6) is 1.88. The zero-order chi connectivity index (χ0) is 14.4. The van der Waals surface area contributed by atoms with Crippen molar-refractivity contribution in [3.8, 4) is 5.75 Å². The van der Waals surface area contributed by atoms with Crippen molar-refractivity contribution in [2.45, 2.75) is 11.7 Å². The highest BCUT2D eigenvalue weighted by molar-refractivity contribution is 7.99. The minimum absolute atomic E-state index is 0.392. The van der Waals surface area contributed by atoms with Crippen LogP contribution in [0.1, 0.15) is 0 Å². The Labute approximate surface area is 126 Å². The molecule has 106 valence electrons. The molecule has 0 saturated carbocycles. The number of halogens is 1. The molecule has 2 N–H and O–H groups in total. The lowest BCUT2D eigenvalue weighted by Gasteiger charge is -2.07. The van der Waals surface area contributed by atoms with E-state index in [4.69, 9.17) is 22.1 Å². The number of nitrogens with zero attached hydrogens (tertiary/aromatic N) is 3. The van der Waals surface area contributed by atoms with E-state index in [0.29, 0.717) is 24.1 Å². The van der Waals surface area contributed by atoms with Crippen LogP contribution >= 0.6 is 23.4 Å². The fourth-order valence-corrected chi connectivity index (χ4v) is 2.51. The predicted octanol–water partition coefficient (Wildman–Crippen LogP) is 2.87. The average Bonchev–Trinajstić information content (AvgIpc) is 2.77. The second-order valence-electron chi connectivity index (χ2n) is 3.89. The van der Waals surface area contributed by atoms with Crippen LogP contribution < -0.4 is 10.5 Å². The Balaban J connectivity index is 1.83. The summed E-state index contributed by atoms with van der Waals surface area (Å²) in [6.07, 6.45) is 1.76. The van der Waals surface area contributed by atoms with Gasteiger partial charge in [-0.2, -0.15) is 0 Å². The molecule has 5 nitrogen and oxygen atoms in total. The van der Waals surface area contributed by atoms with Crippen molar-refractivity contribution in [1.82, 2.24) is 14.8 Å². The molecule has 0 aliphatic rings. The maximum atomic E-state index is 5.88. The first kappa shape index (κ1) is 14.7. The molecule has 0 atom stereocenters. The normalized spacial score (nSPS) is 10.4. The molecule has 0 fully saturated rings. The third kappa shape index (κ3) is 3.91. The molecule has 7 heteroatoms. The van der Waals surface area contributed by atoms with Crippen molar-refractivity contribution in [3.05, 3.63) is 41.9 Å². The van der Waals surface area contributed by atoms with Crippen molar-refractivity contribution in [2.75, 3.05) is 18.1 Å². The number of hydrogen-bond acceptors (Lipinski definition) is 5. The molecule has 0 aliphatic heterocycles. The standard InChI is InChI=1S/C13H15ClN4OS/c1-2-6-18-12(15)16-17-13(18)20-8-7-19-11-5-3-4-10(14)9-11/h2-5,9H,1,6-8H2,(H2,15,16). The van der Waals surface area contributed by atoms with Gasteiger partial charge in [-0.05, 0) is 18.2 Å². The SMILES string of the molecule is C=CCn1c(N)nnc1SCCOc1cccc(Cl)c1. The lowest BCUT2D eigenvalue weighted by Crippen LogP contribution is -2.05. The highest BCUT2D eigenvalue weighted by Crippen LogP contribution is 2.20. The van der Waals surface area contributed by atoms with Gasteiger partial charge in [0, 0.05) is 17.3 Å². The lowest BCUT2D eigenvalue weighted by molar-refractivity contribution is 0.344. The Kier molecular flexibility index (Phi) is 5.31. The first-order valence-corrected chi connectivity index (χ1v) is 7.38. The second-order valence-corrected chi connectivity index (χ2v) is 5.39. The maximum Gasteiger partial charge on any atom is 0.222 e. The summed E-state index contributed by atoms with van der Waals surface area (Å²) in [5.41, 5.74) is 5.72. The molecule has 1 aromatic heterocycles. The summed E-state index contributed by atoms with van der Waals surface area (Å²) >= 11 is 7.42. The van der Waals surface area contributed by atoms with E-state index < -0.39 is 0 Å². The van der Waals surface area contributed by atoms with Gasteiger partial charge in [0.25, 0.3) is 0 Å². The van der Waals surface area contributed by atoms with E-state index in [0.717, 1.165) is 16.7 Å². The topological polar surface area (TPSA) is 66.0 Å². The van der Waals surface area contributed by atoms with Crippen LogP contribution in [0.25, 0.3) is 0 Å². The van der Waals surface area contributed by atoms with Crippen LogP contribution in [0.5, 0.6) is 5.75 Å². The highest BCUT2D eigenvalue weighted by atomic mass is 35.5. The quantitative estimate of drug-likeness (QED) is 0.484. The van der Waals surface area contributed by atoms with Crippen LogP contribution in [0, 0.1) is 0 Å². The van der Waals surface area contributed by atoms with Crippen LogP contribution in [-0.2, 0) is 6.54 Å². The largest absolute Gasteiger partial charge is 0.493 e. The van der Waals surface area contributed by atoms with Gasteiger partial charge >= 0.3 is 0 Å². The van der Waals surface area contributed by atoms with Crippen molar-refractivity contribution >= 4 is 29.3 Å². The first-order chi connectivity index (χ1) is 9.70. The Morgan fingerprint density at radius 3 is 3.05 bits per heavy atom. The molecular weight excluding hydrogens is 296 g/mol. The molecule has 2 aromatic rings. The Morgan fingerprint density at radius 2 is 2.30 bits per heavy atom. The molecule has 2 rings (SSSR count). The van der Waals surface area contributed by atoms with Gasteiger partial charge in [0.1, 0.15) is 5.75 Å². The number of aromatic nitrogens is 3. The summed E-state index contributed by atoms with van der Waals surface area (Å²) in [4.78, 5) is 0. The van der Waals surface area contributed by atoms with Crippen LogP contribution in [-0.4, -0.2) is 27.1 Å². The van der Waals surface area contributed by atoms with Gasteiger partial charge in [0.15, 0.2) is 5.16 Å². The summed E-state index contributed by atoms with van der Waals surface area (Å²) in [6.45, 7) is 4.82. The van der Waals surface area contributed by atoms with Crippen molar-refractivity contribution in [3.63, 3.8) is 0 Å². The molecule has 1 heterocycles. The fraction of sp³-hybridized carbons (Fsp3) is 0.231. The van der Waals surface area contributed by atoms with Gasteiger partial charge in [-0.15, -0.1) is 16.8 Å². The summed E-state index contributed by atoms with van der Waals surface area (Å²) < 4.78 is 7.40. The average molecular weight is 311 g/mol. The van der Waals surface area contributed by atoms with Crippen LogP contribution in [0.2, 0.25) is 5.02 Å². The number of nitrogens with two attached hydrogens (primary N) is 1. The van der Waals surface area contributed by atoms with Crippen molar-refractivity contribution < 1.29 is 4.74 Å². The van der Waals surface area contributed by atoms with Gasteiger partial charge < -0.3 is 10.5 Å². The monoisotopic (exact) mass is 310 g/mol. The van der Waals surface area contributed by atoms with E-state index >= 15 is 0 Å². The minimum atomic E-state index is 0.392. The summed E-state index contributed by atoms with van der Waals surface area (Å²) in [6, 6.07) is 7.31. The number of allylic oxidation sites excluding steroid dienone is 1. The molecular formula is C13H15ClN4OS. The van der Waals surface area contributed by atoms with E-state index in [1.165, 1.54) is 11.8 Å². The fourth-order valence-electron chi connectivity index (χ4n) is 1.56. The van der Waals surface area contributed by atoms with Gasteiger partial charge in [0.05, 0.1) is 6.61 Å². The van der Waals surface area contributed by atoms with E-state index in [2.05, 4.69) is 16.8 Å². The predicted molar refractivity (Wildman–Crippen MR) is 82.3 cm³/mol. The minimum Gasteiger partial charge on any atom is -0.493 e. The van der Waals surface area contributed by atoms with E-state index in [1.54, 1.807) is 16.7 Å². The van der Waals surface area contributed by atoms with E-state index in [9.17, 15) is 0 Å². The maximum absolute atomic E-state index is 5.88. The van der Waals surface area contributed by atoms with Gasteiger partial charge in [-0.1, -0.05) is 35.5 Å². The zero-order valence-corrected chi connectivity index (χ0v) is 12.4. The molecule has 0 radical (unpaired) electrons. The van der Waals surface area contributed by atoms with E-state index in [1.807, 2.05) is 18.2 Å². The van der Waals surface area contributed by atoms with Crippen LogP contribution in [0.4, 0.5) is 5.95 Å².